The highest BCUT2D eigenvalue weighted by molar-refractivity contribution is 9.10. The van der Waals surface area contributed by atoms with Crippen LogP contribution < -0.4 is 11.1 Å². The summed E-state index contributed by atoms with van der Waals surface area (Å²) in [6.07, 6.45) is 0. The van der Waals surface area contributed by atoms with Crippen LogP contribution in [0.25, 0.3) is 0 Å². The number of benzene rings is 2. The van der Waals surface area contributed by atoms with Gasteiger partial charge in [-0.2, -0.15) is 5.26 Å². The van der Waals surface area contributed by atoms with Crippen molar-refractivity contribution in [2.24, 2.45) is 0 Å². The number of halogens is 1. The molecule has 0 saturated carbocycles. The summed E-state index contributed by atoms with van der Waals surface area (Å²) >= 11 is 3.30. The quantitative estimate of drug-likeness (QED) is 0.835. The lowest BCUT2D eigenvalue weighted by molar-refractivity contribution is 0.102. The molecule has 0 aliphatic heterocycles. The van der Waals surface area contributed by atoms with Crippen molar-refractivity contribution in [3.8, 4) is 6.07 Å². The van der Waals surface area contributed by atoms with E-state index in [1.807, 2.05) is 6.07 Å². The number of nitrogens with one attached hydrogen (secondary N) is 1. The Morgan fingerprint density at radius 1 is 1.21 bits per heavy atom. The SMILES string of the molecule is N#Cc1ccc(NC(=O)c2cc(Br)ccc2N)cc1. The number of nitriles is 1. The molecule has 3 N–H and O–H groups in total. The van der Waals surface area contributed by atoms with Crippen LogP contribution in [0.4, 0.5) is 11.4 Å². The molecule has 19 heavy (non-hydrogen) atoms. The van der Waals surface area contributed by atoms with E-state index in [4.69, 9.17) is 11.0 Å². The molecule has 0 unspecified atom stereocenters. The summed E-state index contributed by atoms with van der Waals surface area (Å²) in [5, 5.41) is 11.4. The molecule has 0 radical (unpaired) electrons. The van der Waals surface area contributed by atoms with Gasteiger partial charge in [0.1, 0.15) is 0 Å². The molecule has 5 heteroatoms. The second kappa shape index (κ2) is 5.55. The van der Waals surface area contributed by atoms with Gasteiger partial charge in [-0.15, -0.1) is 0 Å². The average Bonchev–Trinajstić information content (AvgIpc) is 2.42. The fraction of sp³-hybridized carbons (Fsp3) is 0. The number of hydrogen-bond donors (Lipinski definition) is 2. The van der Waals surface area contributed by atoms with E-state index in [0.29, 0.717) is 22.5 Å². The number of hydrogen-bond acceptors (Lipinski definition) is 3. The molecule has 2 aromatic carbocycles. The average molecular weight is 316 g/mol. The number of nitrogen functional groups attached to an aromatic ring is 1. The molecule has 4 nitrogen and oxygen atoms in total. The molecule has 0 aliphatic carbocycles. The fourth-order valence-electron chi connectivity index (χ4n) is 1.55. The largest absolute Gasteiger partial charge is 0.398 e. The number of amides is 1. The van der Waals surface area contributed by atoms with Gasteiger partial charge in [-0.3, -0.25) is 4.79 Å². The Labute approximate surface area is 119 Å². The molecular formula is C14H10BrN3O. The monoisotopic (exact) mass is 315 g/mol. The van der Waals surface area contributed by atoms with E-state index in [-0.39, 0.29) is 5.91 Å². The maximum atomic E-state index is 12.1. The molecule has 2 aromatic rings. The van der Waals surface area contributed by atoms with Gasteiger partial charge in [0.15, 0.2) is 0 Å². The zero-order chi connectivity index (χ0) is 13.8. The van der Waals surface area contributed by atoms with Gasteiger partial charge in [0.2, 0.25) is 0 Å². The van der Waals surface area contributed by atoms with E-state index in [9.17, 15) is 4.79 Å². The standard InChI is InChI=1S/C14H10BrN3O/c15-10-3-6-13(17)12(7-10)14(19)18-11-4-1-9(8-16)2-5-11/h1-7H,17H2,(H,18,19). The second-order valence-corrected chi connectivity index (χ2v) is 4.79. The number of carbonyl (C=O) groups is 1. The van der Waals surface area contributed by atoms with Crippen molar-refractivity contribution in [3.05, 3.63) is 58.1 Å². The number of anilines is 2. The van der Waals surface area contributed by atoms with Crippen molar-refractivity contribution in [3.63, 3.8) is 0 Å². The summed E-state index contributed by atoms with van der Waals surface area (Å²) in [5.74, 6) is -0.288. The van der Waals surface area contributed by atoms with Gasteiger partial charge in [0, 0.05) is 15.8 Å². The maximum Gasteiger partial charge on any atom is 0.257 e. The summed E-state index contributed by atoms with van der Waals surface area (Å²) in [6, 6.07) is 13.7. The first-order valence-electron chi connectivity index (χ1n) is 5.46. The highest BCUT2D eigenvalue weighted by atomic mass is 79.9. The first-order chi connectivity index (χ1) is 9.10. The van der Waals surface area contributed by atoms with E-state index >= 15 is 0 Å². The predicted molar refractivity (Wildman–Crippen MR) is 77.7 cm³/mol. The molecular weight excluding hydrogens is 306 g/mol. The summed E-state index contributed by atoms with van der Waals surface area (Å²) in [5.41, 5.74) is 7.73. The lowest BCUT2D eigenvalue weighted by Gasteiger charge is -2.08. The Morgan fingerprint density at radius 3 is 2.53 bits per heavy atom. The zero-order valence-corrected chi connectivity index (χ0v) is 11.4. The van der Waals surface area contributed by atoms with Crippen LogP contribution in [0.3, 0.4) is 0 Å². The molecule has 1 amide bonds. The van der Waals surface area contributed by atoms with Crippen molar-refractivity contribution in [2.75, 3.05) is 11.1 Å². The molecule has 0 atom stereocenters. The van der Waals surface area contributed by atoms with Crippen LogP contribution >= 0.6 is 15.9 Å². The van der Waals surface area contributed by atoms with E-state index in [1.165, 1.54) is 0 Å². The fourth-order valence-corrected chi connectivity index (χ4v) is 1.91. The third-order valence-electron chi connectivity index (χ3n) is 2.53. The summed E-state index contributed by atoms with van der Waals surface area (Å²) < 4.78 is 0.784. The van der Waals surface area contributed by atoms with E-state index in [0.717, 1.165) is 4.47 Å². The summed E-state index contributed by atoms with van der Waals surface area (Å²) in [4.78, 5) is 12.1. The van der Waals surface area contributed by atoms with Crippen LogP contribution in [0.15, 0.2) is 46.9 Å². The molecule has 0 fully saturated rings. The van der Waals surface area contributed by atoms with Crippen LogP contribution in [0, 0.1) is 11.3 Å². The third kappa shape index (κ3) is 3.12. The van der Waals surface area contributed by atoms with Crippen LogP contribution in [0.5, 0.6) is 0 Å². The van der Waals surface area contributed by atoms with Gasteiger partial charge in [-0.05, 0) is 42.5 Å². The van der Waals surface area contributed by atoms with Crippen molar-refractivity contribution in [1.29, 1.82) is 5.26 Å². The second-order valence-electron chi connectivity index (χ2n) is 3.87. The third-order valence-corrected chi connectivity index (χ3v) is 3.03. The number of carbonyl (C=O) groups excluding carboxylic acids is 1. The number of rotatable bonds is 2. The Morgan fingerprint density at radius 2 is 1.89 bits per heavy atom. The van der Waals surface area contributed by atoms with E-state index in [1.54, 1.807) is 42.5 Å². The zero-order valence-electron chi connectivity index (χ0n) is 9.85. The van der Waals surface area contributed by atoms with Crippen LogP contribution in [-0.2, 0) is 0 Å². The normalized spacial score (nSPS) is 9.68. The van der Waals surface area contributed by atoms with Gasteiger partial charge < -0.3 is 11.1 Å². The van der Waals surface area contributed by atoms with Gasteiger partial charge in [-0.1, -0.05) is 15.9 Å². The van der Waals surface area contributed by atoms with E-state index < -0.39 is 0 Å². The summed E-state index contributed by atoms with van der Waals surface area (Å²) in [7, 11) is 0. The minimum Gasteiger partial charge on any atom is -0.398 e. The van der Waals surface area contributed by atoms with Gasteiger partial charge in [-0.25, -0.2) is 0 Å². The van der Waals surface area contributed by atoms with Crippen molar-refractivity contribution in [2.45, 2.75) is 0 Å². The first-order valence-corrected chi connectivity index (χ1v) is 6.26. The van der Waals surface area contributed by atoms with Crippen LogP contribution in [0.1, 0.15) is 15.9 Å². The van der Waals surface area contributed by atoms with Crippen LogP contribution in [-0.4, -0.2) is 5.91 Å². The lowest BCUT2D eigenvalue weighted by Crippen LogP contribution is -2.14. The smallest absolute Gasteiger partial charge is 0.257 e. The molecule has 0 saturated heterocycles. The molecule has 0 spiro atoms. The molecule has 0 aliphatic rings. The van der Waals surface area contributed by atoms with Crippen molar-refractivity contribution >= 4 is 33.2 Å². The first kappa shape index (κ1) is 13.1. The number of nitrogens with two attached hydrogens (primary N) is 1. The summed E-state index contributed by atoms with van der Waals surface area (Å²) in [6.45, 7) is 0. The minimum atomic E-state index is -0.288. The number of nitrogens with zero attached hydrogens (tertiary/aromatic N) is 1. The molecule has 0 bridgehead atoms. The Kier molecular flexibility index (Phi) is 3.83. The molecule has 0 heterocycles. The van der Waals surface area contributed by atoms with Gasteiger partial charge in [0.05, 0.1) is 17.2 Å². The Hall–Kier alpha value is -2.32. The van der Waals surface area contributed by atoms with Crippen molar-refractivity contribution < 1.29 is 4.79 Å². The van der Waals surface area contributed by atoms with Crippen LogP contribution in [0.2, 0.25) is 0 Å². The Bertz CT molecular complexity index is 659. The highest BCUT2D eigenvalue weighted by Gasteiger charge is 2.10. The maximum absolute atomic E-state index is 12.1. The Balaban J connectivity index is 2.21. The molecule has 94 valence electrons. The highest BCUT2D eigenvalue weighted by Crippen LogP contribution is 2.20. The topological polar surface area (TPSA) is 78.9 Å². The molecule has 0 aromatic heterocycles. The van der Waals surface area contributed by atoms with E-state index in [2.05, 4.69) is 21.2 Å². The molecule has 2 rings (SSSR count). The van der Waals surface area contributed by atoms with Gasteiger partial charge >= 0.3 is 0 Å². The lowest BCUT2D eigenvalue weighted by atomic mass is 10.1. The van der Waals surface area contributed by atoms with Crippen molar-refractivity contribution in [1.82, 2.24) is 0 Å². The minimum absolute atomic E-state index is 0.288. The predicted octanol–water partition coefficient (Wildman–Crippen LogP) is 3.16. The van der Waals surface area contributed by atoms with Gasteiger partial charge in [0.25, 0.3) is 5.91 Å².